The molecule has 2 heterocycles. The third kappa shape index (κ3) is 5.99. The Morgan fingerprint density at radius 3 is 2.87 bits per heavy atom. The zero-order chi connectivity index (χ0) is 17.0. The Bertz CT molecular complexity index is 545. The second-order valence-corrected chi connectivity index (χ2v) is 7.63. The minimum Gasteiger partial charge on any atom is -0.444 e. The summed E-state index contributed by atoms with van der Waals surface area (Å²) >= 11 is 5.93. The molecule has 2 atom stereocenters. The van der Waals surface area contributed by atoms with Gasteiger partial charge < -0.3 is 10.1 Å². The highest BCUT2D eigenvalue weighted by Gasteiger charge is 2.28. The zero-order valence-corrected chi connectivity index (χ0v) is 15.1. The molecular weight excluding hydrogens is 314 g/mol. The van der Waals surface area contributed by atoms with Crippen LogP contribution in [0.1, 0.15) is 39.7 Å². The van der Waals surface area contributed by atoms with Crippen LogP contribution in [0.25, 0.3) is 0 Å². The maximum Gasteiger partial charge on any atom is 0.407 e. The largest absolute Gasteiger partial charge is 0.444 e. The number of likely N-dealkylation sites (tertiary alicyclic amines) is 1. The van der Waals surface area contributed by atoms with E-state index in [0.717, 1.165) is 31.6 Å². The summed E-state index contributed by atoms with van der Waals surface area (Å²) in [5, 5.41) is 3.52. The van der Waals surface area contributed by atoms with Crippen molar-refractivity contribution in [2.45, 2.75) is 52.3 Å². The molecule has 1 aliphatic heterocycles. The minimum absolute atomic E-state index is 0.155. The van der Waals surface area contributed by atoms with E-state index in [1.54, 1.807) is 6.20 Å². The van der Waals surface area contributed by atoms with Crippen molar-refractivity contribution in [3.05, 3.63) is 29.0 Å². The predicted octanol–water partition coefficient (Wildman–Crippen LogP) is 3.47. The molecule has 128 valence electrons. The highest BCUT2D eigenvalue weighted by molar-refractivity contribution is 6.29. The molecule has 0 bridgehead atoms. The molecule has 6 heteroatoms. The number of hydrogen-bond acceptors (Lipinski definition) is 4. The maximum atomic E-state index is 11.9. The van der Waals surface area contributed by atoms with E-state index in [4.69, 9.17) is 16.3 Å². The average molecular weight is 340 g/mol. The summed E-state index contributed by atoms with van der Waals surface area (Å²) in [6.45, 7) is 10.5. The maximum absolute atomic E-state index is 11.9. The minimum atomic E-state index is -0.464. The van der Waals surface area contributed by atoms with Crippen molar-refractivity contribution in [1.82, 2.24) is 15.2 Å². The van der Waals surface area contributed by atoms with Gasteiger partial charge in [0.15, 0.2) is 0 Å². The lowest BCUT2D eigenvalue weighted by atomic mass is 9.93. The first-order valence-corrected chi connectivity index (χ1v) is 8.43. The molecule has 1 aromatic heterocycles. The molecular formula is C17H26ClN3O2. The van der Waals surface area contributed by atoms with E-state index in [1.165, 1.54) is 0 Å². The molecule has 0 aliphatic carbocycles. The number of alkyl carbamates (subject to hydrolysis) is 1. The monoisotopic (exact) mass is 339 g/mol. The average Bonchev–Trinajstić information content (AvgIpc) is 2.40. The van der Waals surface area contributed by atoms with Gasteiger partial charge in [0.05, 0.1) is 0 Å². The van der Waals surface area contributed by atoms with E-state index >= 15 is 0 Å². The molecule has 0 aromatic carbocycles. The second-order valence-electron chi connectivity index (χ2n) is 7.24. The van der Waals surface area contributed by atoms with E-state index in [1.807, 2.05) is 32.9 Å². The van der Waals surface area contributed by atoms with Gasteiger partial charge in [-0.25, -0.2) is 9.78 Å². The number of carbonyl (C=O) groups excluding carboxylic acids is 1. The van der Waals surface area contributed by atoms with Crippen molar-refractivity contribution >= 4 is 17.7 Å². The van der Waals surface area contributed by atoms with Gasteiger partial charge in [0.2, 0.25) is 0 Å². The molecule has 1 saturated heterocycles. The summed E-state index contributed by atoms with van der Waals surface area (Å²) in [4.78, 5) is 18.3. The van der Waals surface area contributed by atoms with Crippen LogP contribution < -0.4 is 5.32 Å². The van der Waals surface area contributed by atoms with E-state index in [2.05, 4.69) is 22.1 Å². The number of carbonyl (C=O) groups is 1. The van der Waals surface area contributed by atoms with Crippen molar-refractivity contribution in [1.29, 1.82) is 0 Å². The van der Waals surface area contributed by atoms with Crippen LogP contribution in [0.3, 0.4) is 0 Å². The van der Waals surface area contributed by atoms with Gasteiger partial charge in [0.25, 0.3) is 0 Å². The van der Waals surface area contributed by atoms with Crippen LogP contribution in [-0.4, -0.2) is 40.7 Å². The van der Waals surface area contributed by atoms with Crippen molar-refractivity contribution in [3.8, 4) is 0 Å². The van der Waals surface area contributed by atoms with Gasteiger partial charge in [0.1, 0.15) is 10.8 Å². The third-order valence-electron chi connectivity index (χ3n) is 3.89. The number of aromatic nitrogens is 1. The van der Waals surface area contributed by atoms with E-state index < -0.39 is 5.60 Å². The summed E-state index contributed by atoms with van der Waals surface area (Å²) in [5.74, 6) is 0.369. The third-order valence-corrected chi connectivity index (χ3v) is 4.10. The van der Waals surface area contributed by atoms with E-state index in [-0.39, 0.29) is 12.1 Å². The van der Waals surface area contributed by atoms with Gasteiger partial charge in [0, 0.05) is 31.9 Å². The summed E-state index contributed by atoms with van der Waals surface area (Å²) in [6.07, 6.45) is 2.32. The van der Waals surface area contributed by atoms with Gasteiger partial charge in [-0.1, -0.05) is 18.5 Å². The number of hydrogen-bond donors (Lipinski definition) is 1. The van der Waals surface area contributed by atoms with Crippen molar-refractivity contribution < 1.29 is 9.53 Å². The van der Waals surface area contributed by atoms with Crippen LogP contribution in [0.15, 0.2) is 18.3 Å². The lowest BCUT2D eigenvalue weighted by molar-refractivity contribution is 0.0439. The molecule has 0 unspecified atom stereocenters. The number of halogens is 1. The fraction of sp³-hybridized carbons (Fsp3) is 0.647. The molecule has 0 spiro atoms. The number of piperidine rings is 1. The van der Waals surface area contributed by atoms with Gasteiger partial charge in [-0.2, -0.15) is 0 Å². The lowest BCUT2D eigenvalue weighted by Crippen LogP contribution is -2.50. The first kappa shape index (κ1) is 18.0. The zero-order valence-electron chi connectivity index (χ0n) is 14.3. The molecule has 0 radical (unpaired) electrons. The number of amides is 1. The Labute approximate surface area is 143 Å². The van der Waals surface area contributed by atoms with Crippen molar-refractivity contribution in [2.75, 3.05) is 13.1 Å². The number of nitrogens with one attached hydrogen (secondary N) is 1. The fourth-order valence-corrected chi connectivity index (χ4v) is 3.04. The van der Waals surface area contributed by atoms with Crippen LogP contribution >= 0.6 is 11.6 Å². The Hall–Kier alpha value is -1.33. The molecule has 0 saturated carbocycles. The first-order chi connectivity index (χ1) is 10.7. The highest BCUT2D eigenvalue weighted by atomic mass is 35.5. The molecule has 2 rings (SSSR count). The van der Waals surface area contributed by atoms with Gasteiger partial charge in [-0.3, -0.25) is 4.90 Å². The highest BCUT2D eigenvalue weighted by Crippen LogP contribution is 2.20. The van der Waals surface area contributed by atoms with Gasteiger partial charge in [-0.05, 0) is 50.8 Å². The molecule has 1 aromatic rings. The van der Waals surface area contributed by atoms with Crippen LogP contribution in [0.4, 0.5) is 4.79 Å². The summed E-state index contributed by atoms with van der Waals surface area (Å²) in [7, 11) is 0. The van der Waals surface area contributed by atoms with E-state index in [9.17, 15) is 4.79 Å². The van der Waals surface area contributed by atoms with Crippen LogP contribution in [0.5, 0.6) is 0 Å². The Balaban J connectivity index is 1.84. The summed E-state index contributed by atoms with van der Waals surface area (Å²) in [6, 6.07) is 4.04. The Kier molecular flexibility index (Phi) is 5.87. The van der Waals surface area contributed by atoms with Crippen molar-refractivity contribution in [2.24, 2.45) is 5.92 Å². The number of ether oxygens (including phenoxy) is 1. The van der Waals surface area contributed by atoms with Crippen LogP contribution in [-0.2, 0) is 11.3 Å². The predicted molar refractivity (Wildman–Crippen MR) is 91.5 cm³/mol. The van der Waals surface area contributed by atoms with Crippen LogP contribution in [0.2, 0.25) is 5.15 Å². The van der Waals surface area contributed by atoms with Gasteiger partial charge >= 0.3 is 6.09 Å². The molecule has 23 heavy (non-hydrogen) atoms. The number of nitrogens with zero attached hydrogens (tertiary/aromatic N) is 2. The smallest absolute Gasteiger partial charge is 0.407 e. The first-order valence-electron chi connectivity index (χ1n) is 8.05. The quantitative estimate of drug-likeness (QED) is 0.857. The normalized spacial score (nSPS) is 22.7. The fourth-order valence-electron chi connectivity index (χ4n) is 2.85. The number of pyridine rings is 1. The molecule has 1 fully saturated rings. The molecule has 1 aliphatic rings. The van der Waals surface area contributed by atoms with Crippen molar-refractivity contribution in [3.63, 3.8) is 0 Å². The van der Waals surface area contributed by atoms with Crippen LogP contribution in [0, 0.1) is 5.92 Å². The summed E-state index contributed by atoms with van der Waals surface area (Å²) < 4.78 is 5.34. The molecule has 5 nitrogen and oxygen atoms in total. The second kappa shape index (κ2) is 7.49. The lowest BCUT2D eigenvalue weighted by Gasteiger charge is -2.37. The van der Waals surface area contributed by atoms with E-state index in [0.29, 0.717) is 11.1 Å². The number of rotatable bonds is 3. The standard InChI is InChI=1S/C17H26ClN3O2/c1-12-10-21(11-13-5-7-19-15(18)9-13)8-6-14(12)20-16(22)23-17(2,3)4/h5,7,9,12,14H,6,8,10-11H2,1-4H3,(H,20,22)/t12-,14+/m0/s1. The topological polar surface area (TPSA) is 54.5 Å². The van der Waals surface area contributed by atoms with Gasteiger partial charge in [-0.15, -0.1) is 0 Å². The molecule has 1 amide bonds. The Morgan fingerprint density at radius 1 is 1.52 bits per heavy atom. The SMILES string of the molecule is C[C@H]1CN(Cc2ccnc(Cl)c2)CC[C@H]1NC(=O)OC(C)(C)C. The molecule has 1 N–H and O–H groups in total. The summed E-state index contributed by atoms with van der Waals surface area (Å²) in [5.41, 5.74) is 0.699. The Morgan fingerprint density at radius 2 is 2.26 bits per heavy atom.